The average molecular weight is 408 g/mol. The topological polar surface area (TPSA) is 68.0 Å². The first-order valence-corrected chi connectivity index (χ1v) is 10.8. The maximum absolute atomic E-state index is 11.7. The standard InChI is InChI=1S/C25H33N3O2/c1-14(2)12-21-27-23-16(5)13-17(6)26-24(23)28(21)20-10-8-19(9-11-20)18(7)22(15(3)4)25(29)30/h8-11,13-15,18,22H,12H2,1-7H3,(H,29,30). The maximum atomic E-state index is 11.7. The highest BCUT2D eigenvalue weighted by atomic mass is 16.4. The third-order valence-corrected chi connectivity index (χ3v) is 5.81. The summed E-state index contributed by atoms with van der Waals surface area (Å²) in [5, 5.41) is 9.65. The maximum Gasteiger partial charge on any atom is 0.307 e. The quantitative estimate of drug-likeness (QED) is 0.546. The number of pyridine rings is 1. The van der Waals surface area contributed by atoms with Gasteiger partial charge in [0.1, 0.15) is 11.3 Å². The summed E-state index contributed by atoms with van der Waals surface area (Å²) in [6.07, 6.45) is 0.863. The molecular weight excluding hydrogens is 374 g/mol. The van der Waals surface area contributed by atoms with Gasteiger partial charge in [-0.15, -0.1) is 0 Å². The lowest BCUT2D eigenvalue weighted by Gasteiger charge is -2.24. The van der Waals surface area contributed by atoms with Crippen LogP contribution in [-0.4, -0.2) is 25.6 Å². The number of carboxylic acids is 1. The first kappa shape index (κ1) is 22.0. The van der Waals surface area contributed by atoms with Crippen molar-refractivity contribution < 1.29 is 9.90 Å². The molecule has 5 heteroatoms. The third kappa shape index (κ3) is 4.25. The van der Waals surface area contributed by atoms with Gasteiger partial charge in [-0.05, 0) is 60.9 Å². The number of imidazole rings is 1. The van der Waals surface area contributed by atoms with E-state index in [-0.39, 0.29) is 11.8 Å². The monoisotopic (exact) mass is 407 g/mol. The molecule has 5 nitrogen and oxygen atoms in total. The van der Waals surface area contributed by atoms with Gasteiger partial charge in [0, 0.05) is 17.8 Å². The molecule has 0 amide bonds. The van der Waals surface area contributed by atoms with E-state index in [1.54, 1.807) is 0 Å². The van der Waals surface area contributed by atoms with Gasteiger partial charge in [0.2, 0.25) is 0 Å². The largest absolute Gasteiger partial charge is 0.481 e. The molecule has 0 radical (unpaired) electrons. The summed E-state index contributed by atoms with van der Waals surface area (Å²) in [4.78, 5) is 21.5. The van der Waals surface area contributed by atoms with Crippen LogP contribution in [0.25, 0.3) is 16.9 Å². The van der Waals surface area contributed by atoms with Crippen molar-refractivity contribution >= 4 is 17.1 Å². The van der Waals surface area contributed by atoms with Crippen molar-refractivity contribution in [3.8, 4) is 5.69 Å². The van der Waals surface area contributed by atoms with E-state index in [0.717, 1.165) is 45.9 Å². The smallest absolute Gasteiger partial charge is 0.307 e. The average Bonchev–Trinajstić information content (AvgIpc) is 2.98. The molecule has 2 unspecified atom stereocenters. The molecule has 1 aromatic carbocycles. The molecule has 3 aromatic rings. The third-order valence-electron chi connectivity index (χ3n) is 5.81. The van der Waals surface area contributed by atoms with E-state index >= 15 is 0 Å². The molecule has 160 valence electrons. The van der Waals surface area contributed by atoms with Crippen LogP contribution in [0.2, 0.25) is 0 Å². The predicted octanol–water partition coefficient (Wildman–Crippen LogP) is 5.70. The molecule has 0 spiro atoms. The lowest BCUT2D eigenvalue weighted by atomic mass is 9.80. The highest BCUT2D eigenvalue weighted by Gasteiger charge is 2.29. The molecule has 0 fully saturated rings. The number of carboxylic acid groups (broad SMARTS) is 1. The lowest BCUT2D eigenvalue weighted by Crippen LogP contribution is -2.25. The van der Waals surface area contributed by atoms with Crippen LogP contribution in [0.5, 0.6) is 0 Å². The number of aryl methyl sites for hydroxylation is 2. The molecule has 0 aliphatic heterocycles. The van der Waals surface area contributed by atoms with Crippen LogP contribution >= 0.6 is 0 Å². The van der Waals surface area contributed by atoms with Crippen LogP contribution in [0.3, 0.4) is 0 Å². The fourth-order valence-corrected chi connectivity index (χ4v) is 4.39. The number of hydrogen-bond acceptors (Lipinski definition) is 3. The number of hydrogen-bond donors (Lipinski definition) is 1. The van der Waals surface area contributed by atoms with Crippen molar-refractivity contribution in [1.82, 2.24) is 14.5 Å². The summed E-state index contributed by atoms with van der Waals surface area (Å²) in [5.74, 6) is 0.345. The van der Waals surface area contributed by atoms with Crippen LogP contribution in [0.1, 0.15) is 63.2 Å². The van der Waals surface area contributed by atoms with Crippen LogP contribution in [-0.2, 0) is 11.2 Å². The van der Waals surface area contributed by atoms with Crippen molar-refractivity contribution in [3.05, 3.63) is 53.0 Å². The Kier molecular flexibility index (Phi) is 6.30. The SMILES string of the molecule is Cc1cc(C)c2nc(CC(C)C)n(-c3ccc(C(C)C(C(=O)O)C(C)C)cc3)c2n1. The molecule has 2 atom stereocenters. The zero-order chi connectivity index (χ0) is 22.2. The molecule has 3 rings (SSSR count). The van der Waals surface area contributed by atoms with Crippen LogP contribution < -0.4 is 0 Å². The number of rotatable bonds is 7. The van der Waals surface area contributed by atoms with Gasteiger partial charge in [0.05, 0.1) is 5.92 Å². The lowest BCUT2D eigenvalue weighted by molar-refractivity contribution is -0.144. The summed E-state index contributed by atoms with van der Waals surface area (Å²) in [6.45, 7) is 14.4. The molecule has 30 heavy (non-hydrogen) atoms. The number of fused-ring (bicyclic) bond motifs is 1. The molecule has 0 aliphatic rings. The second kappa shape index (κ2) is 8.58. The molecule has 0 aliphatic carbocycles. The molecule has 2 aromatic heterocycles. The second-order valence-corrected chi connectivity index (χ2v) is 9.20. The van der Waals surface area contributed by atoms with Crippen molar-refractivity contribution in [2.45, 2.75) is 60.8 Å². The Labute approximate surface area is 179 Å². The summed E-state index contributed by atoms with van der Waals surface area (Å²) < 4.78 is 2.15. The van der Waals surface area contributed by atoms with Crippen LogP contribution in [0.15, 0.2) is 30.3 Å². The van der Waals surface area contributed by atoms with Crippen LogP contribution in [0, 0.1) is 31.6 Å². The van der Waals surface area contributed by atoms with E-state index in [9.17, 15) is 9.90 Å². The molecule has 0 saturated heterocycles. The van der Waals surface area contributed by atoms with Crippen molar-refractivity contribution in [2.24, 2.45) is 17.8 Å². The number of benzene rings is 1. The minimum Gasteiger partial charge on any atom is -0.481 e. The number of aromatic nitrogens is 3. The van der Waals surface area contributed by atoms with Crippen molar-refractivity contribution in [3.63, 3.8) is 0 Å². The van der Waals surface area contributed by atoms with Crippen LogP contribution in [0.4, 0.5) is 0 Å². The summed E-state index contributed by atoms with van der Waals surface area (Å²) in [6, 6.07) is 10.3. The minimum atomic E-state index is -0.739. The Hall–Kier alpha value is -2.69. The minimum absolute atomic E-state index is 0.0613. The normalized spacial score (nSPS) is 13.9. The fourth-order valence-electron chi connectivity index (χ4n) is 4.39. The van der Waals surface area contributed by atoms with E-state index in [0.29, 0.717) is 5.92 Å². The molecule has 2 heterocycles. The Morgan fingerprint density at radius 3 is 2.20 bits per heavy atom. The highest BCUT2D eigenvalue weighted by molar-refractivity contribution is 5.78. The Morgan fingerprint density at radius 1 is 1.03 bits per heavy atom. The number of nitrogens with zero attached hydrogens (tertiary/aromatic N) is 3. The summed E-state index contributed by atoms with van der Waals surface area (Å²) >= 11 is 0. The van der Waals surface area contributed by atoms with Gasteiger partial charge in [-0.25, -0.2) is 9.97 Å². The summed E-state index contributed by atoms with van der Waals surface area (Å²) in [5.41, 5.74) is 5.98. The zero-order valence-corrected chi connectivity index (χ0v) is 19.1. The highest BCUT2D eigenvalue weighted by Crippen LogP contribution is 2.32. The van der Waals surface area contributed by atoms with Gasteiger partial charge in [-0.2, -0.15) is 0 Å². The van der Waals surface area contributed by atoms with Gasteiger partial charge < -0.3 is 5.11 Å². The van der Waals surface area contributed by atoms with E-state index in [4.69, 9.17) is 9.97 Å². The van der Waals surface area contributed by atoms with E-state index in [1.165, 1.54) is 0 Å². The van der Waals surface area contributed by atoms with Crippen molar-refractivity contribution in [1.29, 1.82) is 0 Å². The Bertz CT molecular complexity index is 1050. The second-order valence-electron chi connectivity index (χ2n) is 9.20. The summed E-state index contributed by atoms with van der Waals surface area (Å²) in [7, 11) is 0. The number of aliphatic carboxylic acids is 1. The first-order valence-electron chi connectivity index (χ1n) is 10.8. The fraction of sp³-hybridized carbons (Fsp3) is 0.480. The Balaban J connectivity index is 2.08. The van der Waals surface area contributed by atoms with Gasteiger partial charge in [0.25, 0.3) is 0 Å². The van der Waals surface area contributed by atoms with Crippen molar-refractivity contribution in [2.75, 3.05) is 0 Å². The predicted molar refractivity (Wildman–Crippen MR) is 121 cm³/mol. The zero-order valence-electron chi connectivity index (χ0n) is 19.1. The van der Waals surface area contributed by atoms with Gasteiger partial charge in [-0.1, -0.05) is 46.8 Å². The Morgan fingerprint density at radius 2 is 1.67 bits per heavy atom. The molecule has 0 bridgehead atoms. The molecule has 1 N–H and O–H groups in total. The molecular formula is C25H33N3O2. The number of carbonyl (C=O) groups is 1. The van der Waals surface area contributed by atoms with Gasteiger partial charge in [-0.3, -0.25) is 9.36 Å². The van der Waals surface area contributed by atoms with E-state index in [2.05, 4.69) is 43.5 Å². The first-order chi connectivity index (χ1) is 14.1. The van der Waals surface area contributed by atoms with E-state index in [1.807, 2.05) is 39.8 Å². The van der Waals surface area contributed by atoms with E-state index < -0.39 is 11.9 Å². The molecule has 0 saturated carbocycles. The van der Waals surface area contributed by atoms with Gasteiger partial charge >= 0.3 is 5.97 Å². The van der Waals surface area contributed by atoms with Gasteiger partial charge in [0.15, 0.2) is 5.65 Å².